The number of azide groups is 1. The first kappa shape index (κ1) is 12.4. The van der Waals surface area contributed by atoms with Crippen molar-refractivity contribution in [1.29, 1.82) is 0 Å². The van der Waals surface area contributed by atoms with Gasteiger partial charge in [0.2, 0.25) is 5.91 Å². The molecule has 6 nitrogen and oxygen atoms in total. The van der Waals surface area contributed by atoms with Crippen LogP contribution in [0, 0.1) is 11.8 Å². The Hall–Kier alpha value is -1.70. The third kappa shape index (κ3) is 3.46. The smallest absolute Gasteiger partial charge is 0.232 e. The van der Waals surface area contributed by atoms with Gasteiger partial charge in [0.05, 0.1) is 13.1 Å². The van der Waals surface area contributed by atoms with Crippen LogP contribution < -0.4 is 0 Å². The molecule has 1 fully saturated rings. The van der Waals surface area contributed by atoms with E-state index in [9.17, 15) is 4.79 Å². The lowest BCUT2D eigenvalue weighted by Crippen LogP contribution is -2.29. The van der Waals surface area contributed by atoms with Crippen LogP contribution >= 0.6 is 0 Å². The summed E-state index contributed by atoms with van der Waals surface area (Å²) in [4.78, 5) is 17.9. The molecule has 0 aromatic heterocycles. The average molecular weight is 221 g/mol. The van der Waals surface area contributed by atoms with Crippen molar-refractivity contribution in [3.8, 4) is 11.8 Å². The van der Waals surface area contributed by atoms with E-state index < -0.39 is 6.04 Å². The van der Waals surface area contributed by atoms with E-state index in [1.165, 1.54) is 0 Å². The molecule has 0 saturated carbocycles. The van der Waals surface area contributed by atoms with Crippen LogP contribution in [0.1, 0.15) is 6.42 Å². The maximum absolute atomic E-state index is 11.6. The molecule has 1 aliphatic heterocycles. The zero-order chi connectivity index (χ0) is 12.0. The van der Waals surface area contributed by atoms with Crippen LogP contribution in [0.15, 0.2) is 5.11 Å². The largest absolute Gasteiger partial charge is 0.331 e. The van der Waals surface area contributed by atoms with Crippen LogP contribution in [-0.4, -0.2) is 55.5 Å². The molecule has 86 valence electrons. The molecule has 6 heteroatoms. The quantitative estimate of drug-likeness (QED) is 0.300. The number of likely N-dealkylation sites (tertiary alicyclic amines) is 1. The monoisotopic (exact) mass is 221 g/mol. The Morgan fingerprint density at radius 2 is 2.38 bits per heavy atom. The highest BCUT2D eigenvalue weighted by Gasteiger charge is 2.29. The summed E-state index contributed by atoms with van der Waals surface area (Å²) in [6.07, 6.45) is 0.595. The van der Waals surface area contributed by atoms with Gasteiger partial charge in [0.1, 0.15) is 6.04 Å². The second-order valence-electron chi connectivity index (χ2n) is 3.86. The molecule has 0 aromatic carbocycles. The van der Waals surface area contributed by atoms with Gasteiger partial charge in [-0.05, 0) is 26.0 Å². The number of carbonyl (C=O) groups excluding carboxylic acids is 1. The Bertz CT molecular complexity index is 361. The summed E-state index contributed by atoms with van der Waals surface area (Å²) in [7, 11) is 3.88. The van der Waals surface area contributed by atoms with E-state index in [0.717, 1.165) is 0 Å². The van der Waals surface area contributed by atoms with E-state index in [0.29, 0.717) is 26.1 Å². The zero-order valence-electron chi connectivity index (χ0n) is 9.55. The van der Waals surface area contributed by atoms with Crippen molar-refractivity contribution in [1.82, 2.24) is 9.80 Å². The standard InChI is InChI=1S/C10H15N5O/c1-14(2)6-3-4-7-15-8-5-9(10(15)16)12-13-11/h9H,5-8H2,1-2H3/t9-/m1/s1. The van der Waals surface area contributed by atoms with Crippen LogP contribution in [0.3, 0.4) is 0 Å². The molecule has 0 radical (unpaired) electrons. The molecular formula is C10H15N5O. The van der Waals surface area contributed by atoms with Crippen molar-refractivity contribution in [2.45, 2.75) is 12.5 Å². The summed E-state index contributed by atoms with van der Waals surface area (Å²) in [5.41, 5.74) is 8.26. The van der Waals surface area contributed by atoms with Crippen LogP contribution in [0.25, 0.3) is 10.4 Å². The van der Waals surface area contributed by atoms with Gasteiger partial charge in [-0.25, -0.2) is 0 Å². The molecule has 1 rings (SSSR count). The van der Waals surface area contributed by atoms with Crippen LogP contribution in [0.2, 0.25) is 0 Å². The Kier molecular flexibility index (Phi) is 4.65. The van der Waals surface area contributed by atoms with Crippen molar-refractivity contribution in [2.24, 2.45) is 5.11 Å². The number of amides is 1. The first-order valence-corrected chi connectivity index (χ1v) is 5.08. The minimum atomic E-state index is -0.527. The van der Waals surface area contributed by atoms with Crippen molar-refractivity contribution in [2.75, 3.05) is 33.7 Å². The lowest BCUT2D eigenvalue weighted by atomic mass is 10.3. The van der Waals surface area contributed by atoms with Gasteiger partial charge >= 0.3 is 0 Å². The topological polar surface area (TPSA) is 72.3 Å². The highest BCUT2D eigenvalue weighted by Crippen LogP contribution is 2.13. The number of hydrogen-bond donors (Lipinski definition) is 0. The summed E-state index contributed by atoms with van der Waals surface area (Å²) in [5, 5.41) is 3.44. The third-order valence-corrected chi connectivity index (χ3v) is 2.25. The van der Waals surface area contributed by atoms with Crippen molar-refractivity contribution in [3.05, 3.63) is 10.4 Å². The van der Waals surface area contributed by atoms with E-state index in [2.05, 4.69) is 21.9 Å². The highest BCUT2D eigenvalue weighted by atomic mass is 16.2. The predicted octanol–water partition coefficient (Wildman–Crippen LogP) is 0.463. The van der Waals surface area contributed by atoms with Crippen LogP contribution in [0.5, 0.6) is 0 Å². The summed E-state index contributed by atoms with van der Waals surface area (Å²) in [5.74, 6) is 5.77. The van der Waals surface area contributed by atoms with Crippen molar-refractivity contribution in [3.63, 3.8) is 0 Å². The van der Waals surface area contributed by atoms with Gasteiger partial charge in [-0.15, -0.1) is 0 Å². The Labute approximate surface area is 94.8 Å². The fourth-order valence-corrected chi connectivity index (χ4v) is 1.41. The second-order valence-corrected chi connectivity index (χ2v) is 3.86. The predicted molar refractivity (Wildman–Crippen MR) is 60.5 cm³/mol. The van der Waals surface area contributed by atoms with Crippen molar-refractivity contribution >= 4 is 5.91 Å². The summed E-state index contributed by atoms with van der Waals surface area (Å²) in [6.45, 7) is 1.73. The maximum atomic E-state index is 11.6. The van der Waals surface area contributed by atoms with Gasteiger partial charge in [0.15, 0.2) is 0 Å². The lowest BCUT2D eigenvalue weighted by Gasteiger charge is -2.11. The van der Waals surface area contributed by atoms with Gasteiger partial charge in [-0.1, -0.05) is 17.0 Å². The van der Waals surface area contributed by atoms with E-state index >= 15 is 0 Å². The molecule has 0 unspecified atom stereocenters. The molecule has 1 amide bonds. The van der Waals surface area contributed by atoms with Gasteiger partial charge in [-0.3, -0.25) is 9.69 Å². The average Bonchev–Trinajstić information content (AvgIpc) is 2.57. The summed E-state index contributed by atoms with van der Waals surface area (Å²) < 4.78 is 0. The number of nitrogens with zero attached hydrogens (tertiary/aromatic N) is 5. The Morgan fingerprint density at radius 3 is 3.00 bits per heavy atom. The summed E-state index contributed by atoms with van der Waals surface area (Å²) in [6, 6.07) is -0.527. The van der Waals surface area contributed by atoms with Gasteiger partial charge in [0.25, 0.3) is 0 Å². The van der Waals surface area contributed by atoms with E-state index in [1.807, 2.05) is 19.0 Å². The fourth-order valence-electron chi connectivity index (χ4n) is 1.41. The summed E-state index contributed by atoms with van der Waals surface area (Å²) >= 11 is 0. The molecule has 1 heterocycles. The molecule has 0 bridgehead atoms. The molecule has 0 spiro atoms. The number of carbonyl (C=O) groups is 1. The van der Waals surface area contributed by atoms with E-state index in [-0.39, 0.29) is 5.91 Å². The molecule has 1 aliphatic rings. The Balaban J connectivity index is 2.42. The van der Waals surface area contributed by atoms with Crippen LogP contribution in [0.4, 0.5) is 0 Å². The molecule has 0 aromatic rings. The SMILES string of the molecule is CN(C)CC#CCN1CC[C@@H](N=[N+]=[N-])C1=O. The minimum absolute atomic E-state index is 0.114. The van der Waals surface area contributed by atoms with Crippen LogP contribution in [-0.2, 0) is 4.79 Å². The minimum Gasteiger partial charge on any atom is -0.331 e. The zero-order valence-corrected chi connectivity index (χ0v) is 9.55. The number of hydrogen-bond acceptors (Lipinski definition) is 3. The van der Waals surface area contributed by atoms with E-state index in [4.69, 9.17) is 5.53 Å². The van der Waals surface area contributed by atoms with Gasteiger partial charge in [-0.2, -0.15) is 0 Å². The molecule has 1 atom stereocenters. The first-order chi connectivity index (χ1) is 7.65. The second kappa shape index (κ2) is 6.01. The molecule has 0 N–H and O–H groups in total. The Morgan fingerprint density at radius 1 is 1.62 bits per heavy atom. The number of rotatable bonds is 3. The maximum Gasteiger partial charge on any atom is 0.232 e. The van der Waals surface area contributed by atoms with Gasteiger partial charge in [0, 0.05) is 11.5 Å². The van der Waals surface area contributed by atoms with Gasteiger partial charge < -0.3 is 4.90 Å². The first-order valence-electron chi connectivity index (χ1n) is 5.08. The lowest BCUT2D eigenvalue weighted by molar-refractivity contribution is -0.128. The molecule has 0 aliphatic carbocycles. The molecule has 16 heavy (non-hydrogen) atoms. The third-order valence-electron chi connectivity index (χ3n) is 2.25. The fraction of sp³-hybridized carbons (Fsp3) is 0.700. The van der Waals surface area contributed by atoms with E-state index in [1.54, 1.807) is 4.90 Å². The molecule has 1 saturated heterocycles. The highest BCUT2D eigenvalue weighted by molar-refractivity contribution is 5.84. The normalized spacial score (nSPS) is 19.3. The molecular weight excluding hydrogens is 206 g/mol. The van der Waals surface area contributed by atoms with Crippen molar-refractivity contribution < 1.29 is 4.79 Å².